The fraction of sp³-hybridized carbons (Fsp3) is 0.562. The highest BCUT2D eigenvalue weighted by atomic mass is 19.4. The lowest BCUT2D eigenvalue weighted by atomic mass is 9.74. The summed E-state index contributed by atoms with van der Waals surface area (Å²) >= 11 is 0. The maximum Gasteiger partial charge on any atom is 0.416 e. The quantitative estimate of drug-likeness (QED) is 0.840. The molecule has 3 nitrogen and oxygen atoms in total. The van der Waals surface area contributed by atoms with Crippen molar-refractivity contribution in [2.45, 2.75) is 46.0 Å². The monoisotopic (exact) mass is 317 g/mol. The van der Waals surface area contributed by atoms with Crippen LogP contribution in [-0.4, -0.2) is 18.6 Å². The van der Waals surface area contributed by atoms with Gasteiger partial charge in [0.15, 0.2) is 0 Å². The molecule has 0 spiro atoms. The number of esters is 1. The largest absolute Gasteiger partial charge is 0.469 e. The Balaban J connectivity index is 2.79. The molecule has 124 valence electrons. The molecule has 0 bridgehead atoms. The standard InChI is InChI=1S/C16H22F3NO2/c1-14(2,13(21)22-5)15(3,4)20-10-11-6-8-12(9-7-11)16(17,18)19/h6-9,20H,10H2,1-5H3. The number of ether oxygens (including phenoxy) is 1. The van der Waals surface area contributed by atoms with Crippen molar-refractivity contribution in [3.63, 3.8) is 0 Å². The highest BCUT2D eigenvalue weighted by molar-refractivity contribution is 5.77. The van der Waals surface area contributed by atoms with Gasteiger partial charge in [-0.15, -0.1) is 0 Å². The molecule has 0 aliphatic carbocycles. The summed E-state index contributed by atoms with van der Waals surface area (Å²) in [6.45, 7) is 7.59. The lowest BCUT2D eigenvalue weighted by Gasteiger charge is -2.40. The van der Waals surface area contributed by atoms with Gasteiger partial charge in [0.05, 0.1) is 18.1 Å². The predicted octanol–water partition coefficient (Wildman–Crippen LogP) is 3.77. The molecular formula is C16H22F3NO2. The van der Waals surface area contributed by atoms with E-state index in [1.165, 1.54) is 19.2 Å². The average Bonchev–Trinajstić information content (AvgIpc) is 2.43. The Morgan fingerprint density at radius 3 is 2.00 bits per heavy atom. The molecule has 0 radical (unpaired) electrons. The average molecular weight is 317 g/mol. The van der Waals surface area contributed by atoms with Crippen LogP contribution in [-0.2, 0) is 22.3 Å². The molecule has 0 unspecified atom stereocenters. The van der Waals surface area contributed by atoms with Gasteiger partial charge in [-0.3, -0.25) is 4.79 Å². The second-order valence-corrected chi connectivity index (χ2v) is 6.29. The number of halogens is 3. The number of carbonyl (C=O) groups is 1. The van der Waals surface area contributed by atoms with E-state index in [0.717, 1.165) is 12.1 Å². The molecular weight excluding hydrogens is 295 g/mol. The van der Waals surface area contributed by atoms with Crippen LogP contribution in [0.3, 0.4) is 0 Å². The number of rotatable bonds is 5. The van der Waals surface area contributed by atoms with Crippen LogP contribution in [0.15, 0.2) is 24.3 Å². The molecule has 0 fully saturated rings. The molecule has 0 saturated carbocycles. The molecule has 0 saturated heterocycles. The SMILES string of the molecule is COC(=O)C(C)(C)C(C)(C)NCc1ccc(C(F)(F)F)cc1. The Labute approximate surface area is 128 Å². The van der Waals surface area contributed by atoms with E-state index < -0.39 is 22.7 Å². The van der Waals surface area contributed by atoms with Gasteiger partial charge in [-0.1, -0.05) is 12.1 Å². The zero-order chi connectivity index (χ0) is 17.2. The van der Waals surface area contributed by atoms with Crippen molar-refractivity contribution < 1.29 is 22.7 Å². The number of methoxy groups -OCH3 is 1. The van der Waals surface area contributed by atoms with Gasteiger partial charge in [-0.05, 0) is 45.4 Å². The minimum Gasteiger partial charge on any atom is -0.469 e. The number of hydrogen-bond acceptors (Lipinski definition) is 3. The van der Waals surface area contributed by atoms with Crippen LogP contribution in [0, 0.1) is 5.41 Å². The second-order valence-electron chi connectivity index (χ2n) is 6.29. The smallest absolute Gasteiger partial charge is 0.416 e. The van der Waals surface area contributed by atoms with Crippen LogP contribution >= 0.6 is 0 Å². The molecule has 0 aliphatic heterocycles. The van der Waals surface area contributed by atoms with E-state index in [1.807, 2.05) is 13.8 Å². The maximum atomic E-state index is 12.5. The van der Waals surface area contributed by atoms with Gasteiger partial charge in [0.25, 0.3) is 0 Å². The van der Waals surface area contributed by atoms with Crippen molar-refractivity contribution in [1.29, 1.82) is 0 Å². The minimum atomic E-state index is -4.34. The number of alkyl halides is 3. The molecule has 0 amide bonds. The fourth-order valence-corrected chi connectivity index (χ4v) is 1.87. The van der Waals surface area contributed by atoms with Crippen molar-refractivity contribution in [2.24, 2.45) is 5.41 Å². The van der Waals surface area contributed by atoms with Crippen LogP contribution < -0.4 is 5.32 Å². The van der Waals surface area contributed by atoms with Crippen LogP contribution in [0.1, 0.15) is 38.8 Å². The predicted molar refractivity (Wildman–Crippen MR) is 78.2 cm³/mol. The third-order valence-corrected chi connectivity index (χ3v) is 4.27. The summed E-state index contributed by atoms with van der Waals surface area (Å²) < 4.78 is 42.3. The minimum absolute atomic E-state index is 0.350. The third kappa shape index (κ3) is 4.00. The zero-order valence-corrected chi connectivity index (χ0v) is 13.5. The Kier molecular flexibility index (Phi) is 5.28. The molecule has 0 aromatic heterocycles. The molecule has 22 heavy (non-hydrogen) atoms. The van der Waals surface area contributed by atoms with Crippen LogP contribution in [0.2, 0.25) is 0 Å². The first-order valence-corrected chi connectivity index (χ1v) is 6.91. The molecule has 0 aliphatic rings. The van der Waals surface area contributed by atoms with Gasteiger partial charge in [0.1, 0.15) is 0 Å². The van der Waals surface area contributed by atoms with Crippen molar-refractivity contribution in [1.82, 2.24) is 5.32 Å². The van der Waals surface area contributed by atoms with Gasteiger partial charge >= 0.3 is 12.1 Å². The molecule has 1 aromatic rings. The Hall–Kier alpha value is -1.56. The summed E-state index contributed by atoms with van der Waals surface area (Å²) in [5.74, 6) is -0.350. The van der Waals surface area contributed by atoms with Crippen LogP contribution in [0.25, 0.3) is 0 Å². The van der Waals surface area contributed by atoms with Crippen molar-refractivity contribution in [2.75, 3.05) is 7.11 Å². The molecule has 0 heterocycles. The lowest BCUT2D eigenvalue weighted by molar-refractivity contribution is -0.155. The second kappa shape index (κ2) is 6.28. The Bertz CT molecular complexity index is 519. The van der Waals surface area contributed by atoms with Crippen LogP contribution in [0.4, 0.5) is 13.2 Å². The van der Waals surface area contributed by atoms with E-state index in [2.05, 4.69) is 5.32 Å². The first-order chi connectivity index (χ1) is 9.91. The Morgan fingerprint density at radius 2 is 1.59 bits per heavy atom. The van der Waals surface area contributed by atoms with Gasteiger partial charge in [0, 0.05) is 12.1 Å². The van der Waals surface area contributed by atoms with Gasteiger partial charge in [0.2, 0.25) is 0 Å². The summed E-state index contributed by atoms with van der Waals surface area (Å²) in [6.07, 6.45) is -4.34. The molecule has 0 atom stereocenters. The van der Waals surface area contributed by atoms with Crippen molar-refractivity contribution in [3.05, 3.63) is 35.4 Å². The highest BCUT2D eigenvalue weighted by Gasteiger charge is 2.43. The van der Waals surface area contributed by atoms with Gasteiger partial charge in [-0.2, -0.15) is 13.2 Å². The first-order valence-electron chi connectivity index (χ1n) is 6.91. The van der Waals surface area contributed by atoms with Gasteiger partial charge in [-0.25, -0.2) is 0 Å². The Morgan fingerprint density at radius 1 is 1.09 bits per heavy atom. The molecule has 1 N–H and O–H groups in total. The maximum absolute atomic E-state index is 12.5. The summed E-state index contributed by atoms with van der Waals surface area (Å²) in [6, 6.07) is 4.96. The summed E-state index contributed by atoms with van der Waals surface area (Å²) in [4.78, 5) is 11.9. The molecule has 6 heteroatoms. The van der Waals surface area contributed by atoms with E-state index >= 15 is 0 Å². The summed E-state index contributed by atoms with van der Waals surface area (Å²) in [5, 5.41) is 3.21. The van der Waals surface area contributed by atoms with Crippen molar-refractivity contribution >= 4 is 5.97 Å². The number of nitrogens with one attached hydrogen (secondary N) is 1. The zero-order valence-electron chi connectivity index (χ0n) is 13.5. The van der Waals surface area contributed by atoms with E-state index in [1.54, 1.807) is 13.8 Å². The lowest BCUT2D eigenvalue weighted by Crippen LogP contribution is -2.55. The molecule has 1 rings (SSSR count). The summed E-state index contributed by atoms with van der Waals surface area (Å²) in [7, 11) is 1.33. The van der Waals surface area contributed by atoms with Gasteiger partial charge < -0.3 is 10.1 Å². The number of hydrogen-bond donors (Lipinski definition) is 1. The fourth-order valence-electron chi connectivity index (χ4n) is 1.87. The summed E-state index contributed by atoms with van der Waals surface area (Å²) in [5.41, 5.74) is -1.34. The third-order valence-electron chi connectivity index (χ3n) is 4.27. The topological polar surface area (TPSA) is 38.3 Å². The normalized spacial score (nSPS) is 13.1. The van der Waals surface area contributed by atoms with E-state index in [0.29, 0.717) is 12.1 Å². The van der Waals surface area contributed by atoms with Crippen LogP contribution in [0.5, 0.6) is 0 Å². The van der Waals surface area contributed by atoms with E-state index in [4.69, 9.17) is 4.74 Å². The number of benzene rings is 1. The molecule has 1 aromatic carbocycles. The van der Waals surface area contributed by atoms with Crippen molar-refractivity contribution in [3.8, 4) is 0 Å². The van der Waals surface area contributed by atoms with E-state index in [9.17, 15) is 18.0 Å². The first kappa shape index (κ1) is 18.5. The number of carbonyl (C=O) groups excluding carboxylic acids is 1. The van der Waals surface area contributed by atoms with E-state index in [-0.39, 0.29) is 5.97 Å². The highest BCUT2D eigenvalue weighted by Crippen LogP contribution is 2.32.